The molecule has 194 valence electrons. The smallest absolute Gasteiger partial charge is 0.252 e. The molecule has 2 heterocycles. The molecule has 2 aliphatic rings. The minimum atomic E-state index is 0.111. The fourth-order valence-electron chi connectivity index (χ4n) is 6.97. The summed E-state index contributed by atoms with van der Waals surface area (Å²) in [5.74, 6) is 0. The fraction of sp³-hybridized carbons (Fsp3) is 0.0526. The molecule has 0 atom stereocenters. The van der Waals surface area contributed by atoms with Gasteiger partial charge in [-0.3, -0.25) is 0 Å². The van der Waals surface area contributed by atoms with Gasteiger partial charge in [0, 0.05) is 39.4 Å². The summed E-state index contributed by atoms with van der Waals surface area (Å²) in [4.78, 5) is 5.00. The zero-order chi connectivity index (χ0) is 27.5. The van der Waals surface area contributed by atoms with E-state index in [0.29, 0.717) is 0 Å². The number of benzene rings is 6. The Kier molecular flexibility index (Phi) is 5.40. The van der Waals surface area contributed by atoms with Crippen LogP contribution in [0.25, 0.3) is 16.8 Å². The number of nitrogens with zero attached hydrogens (tertiary/aromatic N) is 2. The van der Waals surface area contributed by atoms with Gasteiger partial charge in [0.1, 0.15) is 0 Å². The first kappa shape index (κ1) is 23.8. The summed E-state index contributed by atoms with van der Waals surface area (Å²) in [5.41, 5.74) is 14.0. The zero-order valence-corrected chi connectivity index (χ0v) is 23.3. The first-order valence-electron chi connectivity index (χ1n) is 14.4. The van der Waals surface area contributed by atoms with E-state index in [0.717, 1.165) is 0 Å². The van der Waals surface area contributed by atoms with Crippen LogP contribution in [0.15, 0.2) is 133 Å². The van der Waals surface area contributed by atoms with Gasteiger partial charge in [-0.15, -0.1) is 0 Å². The summed E-state index contributed by atoms with van der Waals surface area (Å²) in [6.07, 6.45) is 4.45. The van der Waals surface area contributed by atoms with Gasteiger partial charge < -0.3 is 9.80 Å². The van der Waals surface area contributed by atoms with Gasteiger partial charge in [-0.05, 0) is 77.6 Å². The van der Waals surface area contributed by atoms with E-state index in [-0.39, 0.29) is 6.71 Å². The molecule has 0 radical (unpaired) electrons. The van der Waals surface area contributed by atoms with Gasteiger partial charge in [0.15, 0.2) is 0 Å². The second-order valence-corrected chi connectivity index (χ2v) is 10.9. The molecule has 0 amide bonds. The Morgan fingerprint density at radius 3 is 2.00 bits per heavy atom. The monoisotopic (exact) mass is 524 g/mol. The van der Waals surface area contributed by atoms with Crippen molar-refractivity contribution in [3.05, 3.63) is 145 Å². The number of hydrogen-bond donors (Lipinski definition) is 0. The highest BCUT2D eigenvalue weighted by molar-refractivity contribution is 7.00. The lowest BCUT2D eigenvalue weighted by atomic mass is 9.33. The number of fused-ring (bicyclic) bond motifs is 6. The Balaban J connectivity index is 1.59. The van der Waals surface area contributed by atoms with Gasteiger partial charge in [-0.1, -0.05) is 103 Å². The number of hydrogen-bond acceptors (Lipinski definition) is 2. The van der Waals surface area contributed by atoms with Crippen molar-refractivity contribution in [1.82, 2.24) is 0 Å². The first-order valence-corrected chi connectivity index (χ1v) is 14.4. The van der Waals surface area contributed by atoms with Crippen LogP contribution in [0.2, 0.25) is 0 Å². The molecule has 41 heavy (non-hydrogen) atoms. The van der Waals surface area contributed by atoms with E-state index in [1.165, 1.54) is 72.4 Å². The lowest BCUT2D eigenvalue weighted by Crippen LogP contribution is -2.61. The molecular formula is C38H29BN2. The van der Waals surface area contributed by atoms with Crippen molar-refractivity contribution in [3.63, 3.8) is 0 Å². The molecule has 2 aliphatic heterocycles. The lowest BCUT2D eigenvalue weighted by molar-refractivity contribution is 1.25. The second-order valence-electron chi connectivity index (χ2n) is 10.9. The molecule has 0 spiro atoms. The number of allylic oxidation sites excluding steroid dienone is 1. The first-order chi connectivity index (χ1) is 20.3. The summed E-state index contributed by atoms with van der Waals surface area (Å²) in [7, 11) is 0. The number of aryl methyl sites for hydroxylation is 1. The highest BCUT2D eigenvalue weighted by atomic mass is 15.2. The summed E-state index contributed by atoms with van der Waals surface area (Å²) in [5, 5.41) is 2.51. The van der Waals surface area contributed by atoms with Crippen molar-refractivity contribution in [3.8, 4) is 0 Å². The molecule has 0 aromatic heterocycles. The van der Waals surface area contributed by atoms with Crippen LogP contribution in [0.5, 0.6) is 0 Å². The number of para-hydroxylation sites is 3. The molecule has 0 fully saturated rings. The maximum atomic E-state index is 2.53. The number of anilines is 6. The van der Waals surface area contributed by atoms with Gasteiger partial charge in [0.05, 0.1) is 5.69 Å². The Morgan fingerprint density at radius 2 is 1.24 bits per heavy atom. The van der Waals surface area contributed by atoms with E-state index in [4.69, 9.17) is 0 Å². The van der Waals surface area contributed by atoms with Crippen molar-refractivity contribution in [1.29, 1.82) is 0 Å². The molecule has 0 saturated heterocycles. The topological polar surface area (TPSA) is 6.48 Å². The Morgan fingerprint density at radius 1 is 0.585 bits per heavy atom. The quantitative estimate of drug-likeness (QED) is 0.215. The minimum Gasteiger partial charge on any atom is -0.311 e. The van der Waals surface area contributed by atoms with E-state index >= 15 is 0 Å². The molecule has 6 aromatic carbocycles. The summed E-state index contributed by atoms with van der Waals surface area (Å²) in [6, 6.07) is 46.6. The standard InChI is InChI=1S/C38H29BN2/c1-3-14-30-26(2)23-24-33-37(30)41(29-18-8-5-9-19-29)38-31-20-11-10-15-27(31)25-35-36(38)39(33)32-21-12-13-22-34(32)40(35)28-16-6-4-7-17-28/h3-25H,1-2H3/b14-3-. The van der Waals surface area contributed by atoms with Crippen molar-refractivity contribution >= 4 is 74.1 Å². The van der Waals surface area contributed by atoms with E-state index in [2.05, 4.69) is 163 Å². The van der Waals surface area contributed by atoms with Crippen LogP contribution < -0.4 is 26.2 Å². The van der Waals surface area contributed by atoms with Crippen LogP contribution in [0.1, 0.15) is 18.1 Å². The lowest BCUT2D eigenvalue weighted by Gasteiger charge is -2.45. The van der Waals surface area contributed by atoms with E-state index < -0.39 is 0 Å². The van der Waals surface area contributed by atoms with Crippen LogP contribution in [-0.2, 0) is 0 Å². The predicted octanol–water partition coefficient (Wildman–Crippen LogP) is 8.26. The van der Waals surface area contributed by atoms with Crippen LogP contribution in [0, 0.1) is 6.92 Å². The molecular weight excluding hydrogens is 495 g/mol. The number of rotatable bonds is 3. The van der Waals surface area contributed by atoms with Crippen molar-refractivity contribution in [2.75, 3.05) is 9.80 Å². The molecule has 0 aliphatic carbocycles. The summed E-state index contributed by atoms with van der Waals surface area (Å²) < 4.78 is 0. The average molecular weight is 524 g/mol. The third kappa shape index (κ3) is 3.45. The van der Waals surface area contributed by atoms with E-state index in [1.807, 2.05) is 0 Å². The predicted molar refractivity (Wildman–Crippen MR) is 177 cm³/mol. The van der Waals surface area contributed by atoms with E-state index in [1.54, 1.807) is 0 Å². The van der Waals surface area contributed by atoms with Crippen molar-refractivity contribution in [2.24, 2.45) is 0 Å². The maximum Gasteiger partial charge on any atom is 0.252 e. The largest absolute Gasteiger partial charge is 0.311 e. The van der Waals surface area contributed by atoms with Crippen LogP contribution >= 0.6 is 0 Å². The van der Waals surface area contributed by atoms with E-state index in [9.17, 15) is 0 Å². The Bertz CT molecular complexity index is 1980. The third-order valence-corrected chi connectivity index (χ3v) is 8.64. The molecule has 2 nitrogen and oxygen atoms in total. The molecule has 0 saturated carbocycles. The van der Waals surface area contributed by atoms with Crippen LogP contribution in [0.3, 0.4) is 0 Å². The molecule has 0 N–H and O–H groups in total. The normalized spacial score (nSPS) is 13.4. The van der Waals surface area contributed by atoms with Gasteiger partial charge in [0.25, 0.3) is 6.71 Å². The van der Waals surface area contributed by atoms with Crippen molar-refractivity contribution < 1.29 is 0 Å². The van der Waals surface area contributed by atoms with Gasteiger partial charge in [-0.2, -0.15) is 0 Å². The summed E-state index contributed by atoms with van der Waals surface area (Å²) in [6.45, 7) is 4.46. The SMILES string of the molecule is C/C=C\c1c(C)ccc2c1N(c1ccccc1)c1c3c(cc4ccccc14)N(c1ccccc1)c1ccccc1B23. The van der Waals surface area contributed by atoms with Gasteiger partial charge in [0.2, 0.25) is 0 Å². The van der Waals surface area contributed by atoms with Gasteiger partial charge >= 0.3 is 0 Å². The highest BCUT2D eigenvalue weighted by Crippen LogP contribution is 2.48. The Hall–Kier alpha value is -5.02. The van der Waals surface area contributed by atoms with Crippen LogP contribution in [-0.4, -0.2) is 6.71 Å². The maximum absolute atomic E-state index is 2.53. The third-order valence-electron chi connectivity index (χ3n) is 8.64. The molecule has 0 unspecified atom stereocenters. The molecule has 8 rings (SSSR count). The van der Waals surface area contributed by atoms with Gasteiger partial charge in [-0.25, -0.2) is 0 Å². The second kappa shape index (κ2) is 9.28. The fourth-order valence-corrected chi connectivity index (χ4v) is 6.97. The molecule has 6 aromatic rings. The summed E-state index contributed by atoms with van der Waals surface area (Å²) >= 11 is 0. The highest BCUT2D eigenvalue weighted by Gasteiger charge is 2.44. The Labute approximate surface area is 241 Å². The zero-order valence-electron chi connectivity index (χ0n) is 23.3. The average Bonchev–Trinajstić information content (AvgIpc) is 3.03. The molecule has 0 bridgehead atoms. The minimum absolute atomic E-state index is 0.111. The van der Waals surface area contributed by atoms with Crippen LogP contribution in [0.4, 0.5) is 34.1 Å². The molecule has 3 heteroatoms. The van der Waals surface area contributed by atoms with Crippen molar-refractivity contribution in [2.45, 2.75) is 13.8 Å².